The molecule has 1 aromatic heterocycles. The Bertz CT molecular complexity index is 834. The molecule has 0 radical (unpaired) electrons. The van der Waals surface area contributed by atoms with E-state index in [-0.39, 0.29) is 6.54 Å². The quantitative estimate of drug-likeness (QED) is 0.924. The van der Waals surface area contributed by atoms with E-state index in [2.05, 4.69) is 11.4 Å². The lowest BCUT2D eigenvalue weighted by atomic mass is 10.1. The van der Waals surface area contributed by atoms with Crippen molar-refractivity contribution >= 4 is 27.0 Å². The van der Waals surface area contributed by atoms with Crippen LogP contribution in [-0.2, 0) is 16.6 Å². The van der Waals surface area contributed by atoms with Crippen LogP contribution in [0.3, 0.4) is 0 Å². The zero-order valence-corrected chi connectivity index (χ0v) is 12.5. The van der Waals surface area contributed by atoms with Crippen LogP contribution in [0.4, 0.5) is 5.69 Å². The number of hydrogen-bond acceptors (Lipinski definition) is 5. The van der Waals surface area contributed by atoms with Crippen LogP contribution >= 0.6 is 11.3 Å². The van der Waals surface area contributed by atoms with Gasteiger partial charge in [0.05, 0.1) is 18.2 Å². The number of fused-ring (bicyclic) bond motifs is 1. The van der Waals surface area contributed by atoms with Crippen LogP contribution in [0.15, 0.2) is 52.3 Å². The number of thiophene rings is 1. The summed E-state index contributed by atoms with van der Waals surface area (Å²) < 4.78 is 26.7. The molecular weight excluding hydrogens is 306 g/mol. The SMILES string of the molecule is N#Cc1ccc2c(c1)CN(S(=O)(=O)c1cccs1)C=CN2. The number of nitriles is 1. The van der Waals surface area contributed by atoms with E-state index in [1.54, 1.807) is 41.9 Å². The van der Waals surface area contributed by atoms with Gasteiger partial charge in [-0.05, 0) is 35.2 Å². The molecule has 2 aromatic rings. The van der Waals surface area contributed by atoms with Crippen molar-refractivity contribution in [3.63, 3.8) is 0 Å². The van der Waals surface area contributed by atoms with Crippen LogP contribution in [0, 0.1) is 11.3 Å². The van der Waals surface area contributed by atoms with Crippen molar-refractivity contribution in [3.05, 3.63) is 59.2 Å². The van der Waals surface area contributed by atoms with Crippen LogP contribution in [-0.4, -0.2) is 12.7 Å². The standard InChI is InChI=1S/C14H11N3O2S2/c15-9-11-3-4-13-12(8-11)10-17(6-5-16-13)21(18,19)14-2-1-7-20-14/h1-8,16H,10H2. The van der Waals surface area contributed by atoms with E-state index in [4.69, 9.17) is 5.26 Å². The third-order valence-electron chi connectivity index (χ3n) is 3.10. The van der Waals surface area contributed by atoms with E-state index < -0.39 is 10.0 Å². The molecule has 1 aliphatic rings. The van der Waals surface area contributed by atoms with Gasteiger partial charge in [0.1, 0.15) is 4.21 Å². The van der Waals surface area contributed by atoms with E-state index in [1.807, 2.05) is 0 Å². The van der Waals surface area contributed by atoms with Gasteiger partial charge >= 0.3 is 0 Å². The van der Waals surface area contributed by atoms with E-state index in [0.717, 1.165) is 11.3 Å². The Labute approximate surface area is 126 Å². The Kier molecular flexibility index (Phi) is 3.41. The van der Waals surface area contributed by atoms with Gasteiger partial charge in [-0.25, -0.2) is 8.42 Å². The molecule has 0 bridgehead atoms. The van der Waals surface area contributed by atoms with Gasteiger partial charge in [-0.2, -0.15) is 5.26 Å². The second-order valence-electron chi connectivity index (χ2n) is 4.43. The number of nitrogens with one attached hydrogen (secondary N) is 1. The van der Waals surface area contributed by atoms with Crippen LogP contribution in [0.25, 0.3) is 0 Å². The minimum absolute atomic E-state index is 0.189. The van der Waals surface area contributed by atoms with Gasteiger partial charge in [-0.15, -0.1) is 11.3 Å². The van der Waals surface area contributed by atoms with Crippen molar-refractivity contribution in [2.24, 2.45) is 0 Å². The summed E-state index contributed by atoms with van der Waals surface area (Å²) in [4.78, 5) is 0. The molecule has 21 heavy (non-hydrogen) atoms. The molecule has 3 rings (SSSR count). The van der Waals surface area contributed by atoms with Crippen molar-refractivity contribution < 1.29 is 8.42 Å². The molecule has 0 saturated heterocycles. The second kappa shape index (κ2) is 5.24. The van der Waals surface area contributed by atoms with E-state index in [1.165, 1.54) is 21.8 Å². The van der Waals surface area contributed by atoms with E-state index in [9.17, 15) is 8.42 Å². The molecule has 0 atom stereocenters. The number of nitrogens with zero attached hydrogens (tertiary/aromatic N) is 2. The monoisotopic (exact) mass is 317 g/mol. The smallest absolute Gasteiger partial charge is 0.273 e. The lowest BCUT2D eigenvalue weighted by molar-refractivity contribution is 0.499. The first-order chi connectivity index (χ1) is 10.1. The summed E-state index contributed by atoms with van der Waals surface area (Å²) in [5, 5.41) is 13.7. The molecule has 0 spiro atoms. The van der Waals surface area contributed by atoms with Crippen molar-refractivity contribution in [1.29, 1.82) is 5.26 Å². The molecular formula is C14H11N3O2S2. The number of rotatable bonds is 2. The van der Waals surface area contributed by atoms with Gasteiger partial charge in [0.25, 0.3) is 10.0 Å². The number of sulfonamides is 1. The van der Waals surface area contributed by atoms with Gasteiger partial charge in [0, 0.05) is 18.1 Å². The highest BCUT2D eigenvalue weighted by Gasteiger charge is 2.24. The molecule has 0 saturated carbocycles. The van der Waals surface area contributed by atoms with Crippen LogP contribution in [0.1, 0.15) is 11.1 Å². The van der Waals surface area contributed by atoms with Crippen LogP contribution in [0.2, 0.25) is 0 Å². The summed E-state index contributed by atoms with van der Waals surface area (Å²) in [6.07, 6.45) is 3.09. The number of hydrogen-bond donors (Lipinski definition) is 1. The molecule has 1 aliphatic heterocycles. The first-order valence-corrected chi connectivity index (χ1v) is 8.45. The highest BCUT2D eigenvalue weighted by atomic mass is 32.2. The Morgan fingerprint density at radius 2 is 2.19 bits per heavy atom. The lowest BCUT2D eigenvalue weighted by Gasteiger charge is -2.18. The van der Waals surface area contributed by atoms with Crippen molar-refractivity contribution in [1.82, 2.24) is 4.31 Å². The Balaban J connectivity index is 2.01. The van der Waals surface area contributed by atoms with Gasteiger partial charge in [0.15, 0.2) is 0 Å². The van der Waals surface area contributed by atoms with Crippen molar-refractivity contribution in [3.8, 4) is 6.07 Å². The predicted octanol–water partition coefficient (Wildman–Crippen LogP) is 2.71. The Hall–Kier alpha value is -2.30. The maximum atomic E-state index is 12.6. The zero-order valence-electron chi connectivity index (χ0n) is 10.9. The Morgan fingerprint density at radius 3 is 2.90 bits per heavy atom. The Morgan fingerprint density at radius 1 is 1.33 bits per heavy atom. The molecule has 0 fully saturated rings. The average Bonchev–Trinajstić information content (AvgIpc) is 2.94. The van der Waals surface area contributed by atoms with Crippen LogP contribution < -0.4 is 5.32 Å². The topological polar surface area (TPSA) is 73.2 Å². The average molecular weight is 317 g/mol. The fraction of sp³-hybridized carbons (Fsp3) is 0.0714. The second-order valence-corrected chi connectivity index (χ2v) is 7.49. The van der Waals surface area contributed by atoms with Gasteiger partial charge in [0.2, 0.25) is 0 Å². The molecule has 1 N–H and O–H groups in total. The summed E-state index contributed by atoms with van der Waals surface area (Å²) in [6, 6.07) is 10.5. The third-order valence-corrected chi connectivity index (χ3v) is 6.19. The van der Waals surface area contributed by atoms with E-state index in [0.29, 0.717) is 9.77 Å². The molecule has 5 nitrogen and oxygen atoms in total. The van der Waals surface area contributed by atoms with Gasteiger partial charge in [-0.1, -0.05) is 6.07 Å². The zero-order chi connectivity index (χ0) is 14.9. The summed E-state index contributed by atoms with van der Waals surface area (Å²) >= 11 is 1.18. The molecule has 0 unspecified atom stereocenters. The molecule has 2 heterocycles. The maximum absolute atomic E-state index is 12.6. The molecule has 0 aliphatic carbocycles. The molecule has 0 amide bonds. The number of benzene rings is 1. The van der Waals surface area contributed by atoms with E-state index >= 15 is 0 Å². The summed E-state index contributed by atoms with van der Waals surface area (Å²) in [7, 11) is -3.56. The minimum Gasteiger partial charge on any atom is -0.360 e. The summed E-state index contributed by atoms with van der Waals surface area (Å²) in [6.45, 7) is 0.189. The minimum atomic E-state index is -3.56. The molecule has 106 valence electrons. The molecule has 1 aromatic carbocycles. The normalized spacial score (nSPS) is 14.0. The van der Waals surface area contributed by atoms with Gasteiger partial charge in [-0.3, -0.25) is 4.31 Å². The van der Waals surface area contributed by atoms with Gasteiger partial charge < -0.3 is 5.32 Å². The van der Waals surface area contributed by atoms with Crippen LogP contribution in [0.5, 0.6) is 0 Å². The fourth-order valence-corrected chi connectivity index (χ4v) is 4.46. The number of anilines is 1. The lowest BCUT2D eigenvalue weighted by Crippen LogP contribution is -2.24. The first-order valence-electron chi connectivity index (χ1n) is 6.13. The summed E-state index contributed by atoms with van der Waals surface area (Å²) in [5.41, 5.74) is 2.07. The highest BCUT2D eigenvalue weighted by molar-refractivity contribution is 7.91. The van der Waals surface area contributed by atoms with Crippen molar-refractivity contribution in [2.75, 3.05) is 5.32 Å². The first kappa shape index (κ1) is 13.7. The maximum Gasteiger partial charge on any atom is 0.273 e. The summed E-state index contributed by atoms with van der Waals surface area (Å²) in [5.74, 6) is 0. The van der Waals surface area contributed by atoms with Crippen molar-refractivity contribution in [2.45, 2.75) is 10.8 Å². The largest absolute Gasteiger partial charge is 0.360 e. The molecule has 7 heteroatoms. The predicted molar refractivity (Wildman–Crippen MR) is 81.0 cm³/mol. The fourth-order valence-electron chi connectivity index (χ4n) is 2.06. The third kappa shape index (κ3) is 2.51. The highest BCUT2D eigenvalue weighted by Crippen LogP contribution is 2.27.